The maximum Gasteiger partial charge on any atom is 0.264 e. The lowest BCUT2D eigenvalue weighted by molar-refractivity contribution is -0.140. The van der Waals surface area contributed by atoms with Crippen LogP contribution in [0.15, 0.2) is 108 Å². The number of nitrogens with one attached hydrogen (secondary N) is 1. The molecule has 0 fully saturated rings. The summed E-state index contributed by atoms with van der Waals surface area (Å²) < 4.78 is 29.3. The van der Waals surface area contributed by atoms with Gasteiger partial charge in [0.1, 0.15) is 12.6 Å². The van der Waals surface area contributed by atoms with Gasteiger partial charge in [-0.2, -0.15) is 0 Å². The normalized spacial score (nSPS) is 12.6. The average Bonchev–Trinajstić information content (AvgIpc) is 3.02. The summed E-state index contributed by atoms with van der Waals surface area (Å²) in [4.78, 5) is 29.9. The van der Waals surface area contributed by atoms with Gasteiger partial charge in [-0.25, -0.2) is 8.42 Å². The molecule has 0 saturated heterocycles. The molecular weight excluding hydrogens is 629 g/mol. The maximum absolute atomic E-state index is 14.5. The summed E-state index contributed by atoms with van der Waals surface area (Å²) in [5.74, 6) is -0.898. The van der Waals surface area contributed by atoms with Gasteiger partial charge >= 0.3 is 0 Å². The summed E-state index contributed by atoms with van der Waals surface area (Å²) in [7, 11) is -4.22. The van der Waals surface area contributed by atoms with Crippen molar-refractivity contribution in [3.63, 3.8) is 0 Å². The fourth-order valence-corrected chi connectivity index (χ4v) is 6.63. The summed E-state index contributed by atoms with van der Waals surface area (Å²) in [6.45, 7) is 5.18. The van der Waals surface area contributed by atoms with E-state index in [0.717, 1.165) is 15.4 Å². The van der Waals surface area contributed by atoms with Crippen LogP contribution >= 0.6 is 23.2 Å². The van der Waals surface area contributed by atoms with Gasteiger partial charge in [0.2, 0.25) is 11.8 Å². The van der Waals surface area contributed by atoms with Crippen molar-refractivity contribution in [1.29, 1.82) is 0 Å². The first-order chi connectivity index (χ1) is 21.5. The van der Waals surface area contributed by atoms with Crippen LogP contribution < -0.4 is 9.62 Å². The van der Waals surface area contributed by atoms with E-state index in [9.17, 15) is 18.0 Å². The summed E-state index contributed by atoms with van der Waals surface area (Å²) in [6.07, 6.45) is 0.917. The van der Waals surface area contributed by atoms with Crippen LogP contribution in [-0.2, 0) is 32.6 Å². The van der Waals surface area contributed by atoms with Crippen molar-refractivity contribution < 1.29 is 18.0 Å². The SMILES string of the molecule is CC[C@H](C)NC(=O)[C@H](Cc1ccccc1)N(Cc1cccc(Cl)c1)C(=O)CN(c1cccc(Cl)c1)S(=O)(=O)c1ccc(C)cc1. The van der Waals surface area contributed by atoms with Gasteiger partial charge in [-0.3, -0.25) is 13.9 Å². The third kappa shape index (κ3) is 9.10. The number of hydrogen-bond donors (Lipinski definition) is 1. The molecule has 0 radical (unpaired) electrons. The lowest BCUT2D eigenvalue weighted by atomic mass is 10.0. The van der Waals surface area contributed by atoms with E-state index in [-0.39, 0.29) is 35.5 Å². The zero-order valence-electron chi connectivity index (χ0n) is 25.5. The van der Waals surface area contributed by atoms with Crippen LogP contribution in [0.2, 0.25) is 10.0 Å². The highest BCUT2D eigenvalue weighted by Gasteiger charge is 2.35. The van der Waals surface area contributed by atoms with Gasteiger partial charge in [-0.15, -0.1) is 0 Å². The largest absolute Gasteiger partial charge is 0.352 e. The number of hydrogen-bond acceptors (Lipinski definition) is 4. The van der Waals surface area contributed by atoms with Crippen LogP contribution in [0.4, 0.5) is 5.69 Å². The molecule has 0 saturated carbocycles. The molecule has 0 aliphatic carbocycles. The lowest BCUT2D eigenvalue weighted by Gasteiger charge is -2.34. The number of rotatable bonds is 13. The Balaban J connectivity index is 1.81. The number of benzene rings is 4. The van der Waals surface area contributed by atoms with Gasteiger partial charge in [-0.1, -0.05) is 96.4 Å². The fraction of sp³-hybridized carbons (Fsp3) is 0.257. The zero-order valence-corrected chi connectivity index (χ0v) is 27.8. The second-order valence-electron chi connectivity index (χ2n) is 11.0. The van der Waals surface area contributed by atoms with E-state index in [1.54, 1.807) is 48.5 Å². The van der Waals surface area contributed by atoms with E-state index >= 15 is 0 Å². The first kappa shape index (κ1) is 34.0. The molecule has 7 nitrogen and oxygen atoms in total. The minimum atomic E-state index is -4.22. The van der Waals surface area contributed by atoms with Crippen molar-refractivity contribution in [2.24, 2.45) is 0 Å². The highest BCUT2D eigenvalue weighted by Crippen LogP contribution is 2.27. The predicted octanol–water partition coefficient (Wildman–Crippen LogP) is 7.05. The second-order valence-corrected chi connectivity index (χ2v) is 13.7. The molecule has 0 unspecified atom stereocenters. The van der Waals surface area contributed by atoms with Gasteiger partial charge in [0.15, 0.2) is 0 Å². The molecule has 45 heavy (non-hydrogen) atoms. The number of aryl methyl sites for hydroxylation is 1. The number of amides is 2. The van der Waals surface area contributed by atoms with E-state index in [1.807, 2.05) is 57.2 Å². The van der Waals surface area contributed by atoms with Crippen LogP contribution in [0.3, 0.4) is 0 Å². The molecule has 0 spiro atoms. The van der Waals surface area contributed by atoms with Crippen molar-refractivity contribution in [2.45, 2.75) is 57.1 Å². The molecule has 0 aliphatic rings. The van der Waals surface area contributed by atoms with E-state index in [2.05, 4.69) is 5.32 Å². The fourth-order valence-electron chi connectivity index (χ4n) is 4.82. The Kier molecular flexibility index (Phi) is 11.7. The number of nitrogens with zero attached hydrogens (tertiary/aromatic N) is 2. The average molecular weight is 667 g/mol. The van der Waals surface area contributed by atoms with Crippen LogP contribution in [0, 0.1) is 6.92 Å². The summed E-state index contributed by atoms with van der Waals surface area (Å²) >= 11 is 12.6. The minimum Gasteiger partial charge on any atom is -0.352 e. The molecule has 4 aromatic rings. The van der Waals surface area contributed by atoms with Crippen molar-refractivity contribution in [3.8, 4) is 0 Å². The van der Waals surface area contributed by atoms with Crippen molar-refractivity contribution in [3.05, 3.63) is 130 Å². The minimum absolute atomic E-state index is 0.0256. The number of anilines is 1. The predicted molar refractivity (Wildman–Crippen MR) is 181 cm³/mol. The third-order valence-corrected chi connectivity index (χ3v) is 9.76. The van der Waals surface area contributed by atoms with Gasteiger partial charge in [0, 0.05) is 29.1 Å². The van der Waals surface area contributed by atoms with E-state index in [1.165, 1.54) is 23.1 Å². The Labute approximate surface area is 275 Å². The van der Waals surface area contributed by atoms with Crippen LogP contribution in [0.5, 0.6) is 0 Å². The van der Waals surface area contributed by atoms with Gasteiger partial charge in [0.25, 0.3) is 10.0 Å². The molecular formula is C35H37Cl2N3O4S. The Morgan fingerprint density at radius 2 is 1.44 bits per heavy atom. The molecule has 0 aromatic heterocycles. The molecule has 0 aliphatic heterocycles. The van der Waals surface area contributed by atoms with E-state index in [0.29, 0.717) is 22.0 Å². The first-order valence-electron chi connectivity index (χ1n) is 14.7. The quantitative estimate of drug-likeness (QED) is 0.166. The number of sulfonamides is 1. The molecule has 1 N–H and O–H groups in total. The molecule has 4 aromatic carbocycles. The van der Waals surface area contributed by atoms with E-state index in [4.69, 9.17) is 23.2 Å². The topological polar surface area (TPSA) is 86.8 Å². The second kappa shape index (κ2) is 15.4. The monoisotopic (exact) mass is 665 g/mol. The molecule has 0 bridgehead atoms. The van der Waals surface area contributed by atoms with Gasteiger partial charge in [-0.05, 0) is 73.9 Å². The highest BCUT2D eigenvalue weighted by molar-refractivity contribution is 7.92. The molecule has 10 heteroatoms. The molecule has 236 valence electrons. The van der Waals surface area contributed by atoms with Crippen molar-refractivity contribution in [2.75, 3.05) is 10.8 Å². The van der Waals surface area contributed by atoms with Crippen molar-refractivity contribution in [1.82, 2.24) is 10.2 Å². The van der Waals surface area contributed by atoms with Crippen molar-refractivity contribution >= 4 is 50.7 Å². The van der Waals surface area contributed by atoms with E-state index < -0.39 is 28.5 Å². The Morgan fingerprint density at radius 3 is 2.07 bits per heavy atom. The standard InChI is InChI=1S/C35H37Cl2N3O4S/c1-4-26(3)38-35(42)33(21-27-10-6-5-7-11-27)39(23-28-12-8-13-29(36)20-28)34(41)24-40(31-15-9-14-30(37)22-31)45(43,44)32-18-16-25(2)17-19-32/h5-20,22,26,33H,4,21,23-24H2,1-3H3,(H,38,42)/t26-,33-/m0/s1. The molecule has 2 amide bonds. The zero-order chi connectivity index (χ0) is 32.6. The maximum atomic E-state index is 14.5. The number of halogens is 2. The van der Waals surface area contributed by atoms with Crippen LogP contribution in [0.1, 0.15) is 37.0 Å². The number of carbonyl (C=O) groups excluding carboxylic acids is 2. The summed E-state index contributed by atoms with van der Waals surface area (Å²) in [6, 6.07) is 28.1. The molecule has 2 atom stereocenters. The van der Waals surface area contributed by atoms with Gasteiger partial charge < -0.3 is 10.2 Å². The third-order valence-electron chi connectivity index (χ3n) is 7.50. The van der Waals surface area contributed by atoms with Crippen LogP contribution in [0.25, 0.3) is 0 Å². The van der Waals surface area contributed by atoms with Crippen LogP contribution in [-0.4, -0.2) is 43.8 Å². The number of carbonyl (C=O) groups is 2. The molecule has 0 heterocycles. The first-order valence-corrected chi connectivity index (χ1v) is 16.9. The smallest absolute Gasteiger partial charge is 0.264 e. The Morgan fingerprint density at radius 1 is 0.822 bits per heavy atom. The van der Waals surface area contributed by atoms with Gasteiger partial charge in [0.05, 0.1) is 10.6 Å². The summed E-state index contributed by atoms with van der Waals surface area (Å²) in [5.41, 5.74) is 2.66. The Hall–Kier alpha value is -3.85. The highest BCUT2D eigenvalue weighted by atomic mass is 35.5. The summed E-state index contributed by atoms with van der Waals surface area (Å²) in [5, 5.41) is 3.82. The Bertz CT molecular complexity index is 1720. The lowest BCUT2D eigenvalue weighted by Crippen LogP contribution is -2.54. The molecule has 4 rings (SSSR count).